The van der Waals surface area contributed by atoms with Gasteiger partial charge in [-0.1, -0.05) is 91.0 Å². The maximum Gasteiger partial charge on any atom is 0.490 e. The number of nitrogens with zero attached hydrogens (tertiary/aromatic N) is 1. The molecule has 0 radical (unpaired) electrons. The predicted molar refractivity (Wildman–Crippen MR) is 162 cm³/mol. The number of benzene rings is 3. The molecule has 3 amide bonds. The van der Waals surface area contributed by atoms with E-state index in [1.54, 1.807) is 18.9 Å². The van der Waals surface area contributed by atoms with Crippen LogP contribution < -0.4 is 16.0 Å². The molecule has 3 unspecified atom stereocenters. The van der Waals surface area contributed by atoms with Crippen LogP contribution in [-0.4, -0.2) is 71.6 Å². The summed E-state index contributed by atoms with van der Waals surface area (Å²) in [5, 5.41) is 16.2. The molecule has 45 heavy (non-hydrogen) atoms. The number of nitrogens with one attached hydrogen (secondary N) is 3. The van der Waals surface area contributed by atoms with Crippen molar-refractivity contribution in [2.45, 2.75) is 56.5 Å². The van der Waals surface area contributed by atoms with Crippen LogP contribution >= 0.6 is 0 Å². The molecule has 0 saturated carbocycles. The Balaban J connectivity index is 0.000000707. The van der Waals surface area contributed by atoms with E-state index in [9.17, 15) is 27.6 Å². The third-order valence-corrected chi connectivity index (χ3v) is 7.36. The quantitative estimate of drug-likeness (QED) is 0.271. The number of likely N-dealkylation sites (tertiary alicyclic amines) is 1. The van der Waals surface area contributed by atoms with E-state index in [2.05, 4.69) is 16.0 Å². The van der Waals surface area contributed by atoms with E-state index < -0.39 is 30.3 Å². The zero-order valence-corrected chi connectivity index (χ0v) is 25.0. The zero-order chi connectivity index (χ0) is 33.0. The maximum atomic E-state index is 13.8. The summed E-state index contributed by atoms with van der Waals surface area (Å²) in [6.45, 7) is 2.22. The number of amides is 3. The Morgan fingerprint density at radius 2 is 1.36 bits per heavy atom. The van der Waals surface area contributed by atoms with Gasteiger partial charge in [-0.05, 0) is 43.5 Å². The summed E-state index contributed by atoms with van der Waals surface area (Å²) in [5.41, 5.74) is 2.88. The van der Waals surface area contributed by atoms with Crippen LogP contribution in [0.5, 0.6) is 0 Å². The number of hydrogen-bond donors (Lipinski definition) is 4. The lowest BCUT2D eigenvalue weighted by molar-refractivity contribution is -0.192. The summed E-state index contributed by atoms with van der Waals surface area (Å²) in [6.07, 6.45) is -3.43. The number of likely N-dealkylation sites (N-methyl/N-ethyl adjacent to an activating group) is 1. The molecule has 1 heterocycles. The van der Waals surface area contributed by atoms with Crippen molar-refractivity contribution >= 4 is 23.7 Å². The summed E-state index contributed by atoms with van der Waals surface area (Å²) in [7, 11) is 1.70. The molecule has 3 atom stereocenters. The zero-order valence-electron chi connectivity index (χ0n) is 25.0. The third kappa shape index (κ3) is 10.2. The van der Waals surface area contributed by atoms with Gasteiger partial charge in [0, 0.05) is 13.0 Å². The van der Waals surface area contributed by atoms with Crippen molar-refractivity contribution in [2.75, 3.05) is 13.6 Å². The smallest absolute Gasteiger partial charge is 0.475 e. The topological polar surface area (TPSA) is 128 Å². The number of rotatable bonds is 10. The lowest BCUT2D eigenvalue weighted by Crippen LogP contribution is -2.56. The average molecular weight is 627 g/mol. The fraction of sp³-hybridized carbons (Fsp3) is 0.333. The predicted octanol–water partition coefficient (Wildman–Crippen LogP) is 3.85. The summed E-state index contributed by atoms with van der Waals surface area (Å²) >= 11 is 0. The second kappa shape index (κ2) is 16.4. The first-order valence-electron chi connectivity index (χ1n) is 14.4. The summed E-state index contributed by atoms with van der Waals surface area (Å²) in [6, 6.07) is 27.1. The molecule has 1 fully saturated rings. The molecule has 4 N–H and O–H groups in total. The first kappa shape index (κ1) is 34.8. The lowest BCUT2D eigenvalue weighted by atomic mass is 9.98. The molecule has 1 aliphatic heterocycles. The van der Waals surface area contributed by atoms with Gasteiger partial charge in [-0.25, -0.2) is 4.79 Å². The maximum absolute atomic E-state index is 13.8. The van der Waals surface area contributed by atoms with Gasteiger partial charge in [0.1, 0.15) is 12.1 Å². The Bertz CT molecular complexity index is 1370. The first-order chi connectivity index (χ1) is 21.4. The van der Waals surface area contributed by atoms with Crippen molar-refractivity contribution in [1.29, 1.82) is 0 Å². The van der Waals surface area contributed by atoms with Gasteiger partial charge in [0.2, 0.25) is 17.7 Å². The van der Waals surface area contributed by atoms with Crippen molar-refractivity contribution in [3.05, 3.63) is 108 Å². The van der Waals surface area contributed by atoms with Crippen molar-refractivity contribution in [3.63, 3.8) is 0 Å². The normalized spacial score (nSPS) is 15.8. The summed E-state index contributed by atoms with van der Waals surface area (Å²) in [5.74, 6) is -3.44. The van der Waals surface area contributed by atoms with Crippen molar-refractivity contribution in [2.24, 2.45) is 0 Å². The molecule has 9 nitrogen and oxygen atoms in total. The highest BCUT2D eigenvalue weighted by Gasteiger charge is 2.39. The molecule has 3 aromatic rings. The largest absolute Gasteiger partial charge is 0.490 e. The van der Waals surface area contributed by atoms with Crippen molar-refractivity contribution in [1.82, 2.24) is 20.9 Å². The number of carboxylic acids is 1. The number of carbonyl (C=O) groups is 4. The Morgan fingerprint density at radius 3 is 1.82 bits per heavy atom. The highest BCUT2D eigenvalue weighted by atomic mass is 19.4. The van der Waals surface area contributed by atoms with E-state index in [1.807, 2.05) is 91.0 Å². The van der Waals surface area contributed by atoms with E-state index in [-0.39, 0.29) is 23.8 Å². The molecule has 1 saturated heterocycles. The van der Waals surface area contributed by atoms with E-state index in [1.165, 1.54) is 0 Å². The van der Waals surface area contributed by atoms with E-state index in [0.717, 1.165) is 23.1 Å². The summed E-state index contributed by atoms with van der Waals surface area (Å²) < 4.78 is 31.7. The molecular weight excluding hydrogens is 589 g/mol. The Hall–Kier alpha value is -4.71. The Kier molecular flexibility index (Phi) is 12.7. The molecule has 0 aliphatic carbocycles. The van der Waals surface area contributed by atoms with Crippen LogP contribution in [0.15, 0.2) is 91.0 Å². The number of carbonyl (C=O) groups excluding carboxylic acids is 3. The van der Waals surface area contributed by atoms with Crippen LogP contribution in [0.3, 0.4) is 0 Å². The van der Waals surface area contributed by atoms with Crippen LogP contribution in [0, 0.1) is 0 Å². The van der Waals surface area contributed by atoms with E-state index in [0.29, 0.717) is 19.4 Å². The van der Waals surface area contributed by atoms with Gasteiger partial charge >= 0.3 is 12.1 Å². The molecule has 0 bridgehead atoms. The second-order valence-electron chi connectivity index (χ2n) is 10.5. The van der Waals surface area contributed by atoms with Gasteiger partial charge in [0.05, 0.1) is 12.1 Å². The Labute approximate surface area is 259 Å². The standard InChI is InChI=1S/C31H36N4O3.C2HF3O2/c1-22(32-2)29(36)33-26(21-23-13-6-3-7-14-23)31(38)35-20-12-19-27(35)30(37)34-28(24-15-8-4-9-16-24)25-17-10-5-11-18-25;3-2(4,5)1(6)7/h3-11,13-18,22,26-28,32H,12,19-21H2,1-2H3,(H,33,36)(H,34,37);(H,6,7). The number of halogens is 3. The second-order valence-corrected chi connectivity index (χ2v) is 10.5. The van der Waals surface area contributed by atoms with Gasteiger partial charge in [-0.2, -0.15) is 13.2 Å². The van der Waals surface area contributed by atoms with Crippen LogP contribution in [0.4, 0.5) is 13.2 Å². The number of alkyl halides is 3. The number of aliphatic carboxylic acids is 1. The fourth-order valence-electron chi connectivity index (χ4n) is 4.87. The monoisotopic (exact) mass is 626 g/mol. The van der Waals surface area contributed by atoms with Gasteiger partial charge in [-0.3, -0.25) is 14.4 Å². The molecular formula is C33H37F3N4O5. The van der Waals surface area contributed by atoms with Gasteiger partial charge in [-0.15, -0.1) is 0 Å². The minimum Gasteiger partial charge on any atom is -0.475 e. The van der Waals surface area contributed by atoms with Crippen molar-refractivity contribution < 1.29 is 37.5 Å². The average Bonchev–Trinajstić information content (AvgIpc) is 3.54. The molecule has 0 spiro atoms. The minimum absolute atomic E-state index is 0.193. The van der Waals surface area contributed by atoms with Crippen LogP contribution in [0.2, 0.25) is 0 Å². The highest BCUT2D eigenvalue weighted by Crippen LogP contribution is 2.25. The number of carboxylic acid groups (broad SMARTS) is 1. The highest BCUT2D eigenvalue weighted by molar-refractivity contribution is 5.93. The third-order valence-electron chi connectivity index (χ3n) is 7.36. The number of hydrogen-bond acceptors (Lipinski definition) is 5. The molecule has 240 valence electrons. The van der Waals surface area contributed by atoms with Crippen LogP contribution in [0.25, 0.3) is 0 Å². The van der Waals surface area contributed by atoms with Gasteiger partial charge < -0.3 is 26.0 Å². The fourth-order valence-corrected chi connectivity index (χ4v) is 4.87. The molecule has 12 heteroatoms. The first-order valence-corrected chi connectivity index (χ1v) is 14.4. The van der Waals surface area contributed by atoms with E-state index >= 15 is 0 Å². The van der Waals surface area contributed by atoms with Crippen molar-refractivity contribution in [3.8, 4) is 0 Å². The SMILES string of the molecule is CNC(C)C(=O)NC(Cc1ccccc1)C(=O)N1CCCC1C(=O)NC(c1ccccc1)c1ccccc1.O=C(O)C(F)(F)F. The molecule has 3 aromatic carbocycles. The van der Waals surface area contributed by atoms with E-state index in [4.69, 9.17) is 9.90 Å². The molecule has 4 rings (SSSR count). The Morgan fingerprint density at radius 1 is 0.867 bits per heavy atom. The minimum atomic E-state index is -5.08. The summed E-state index contributed by atoms with van der Waals surface area (Å²) in [4.78, 5) is 50.8. The van der Waals surface area contributed by atoms with Crippen LogP contribution in [-0.2, 0) is 25.6 Å². The lowest BCUT2D eigenvalue weighted by Gasteiger charge is -2.30. The van der Waals surface area contributed by atoms with Gasteiger partial charge in [0.15, 0.2) is 0 Å². The van der Waals surface area contributed by atoms with Crippen LogP contribution in [0.1, 0.15) is 42.5 Å². The molecule has 0 aromatic heterocycles. The molecule has 1 aliphatic rings. The van der Waals surface area contributed by atoms with Gasteiger partial charge in [0.25, 0.3) is 0 Å².